The molecule has 0 saturated carbocycles. The predicted octanol–water partition coefficient (Wildman–Crippen LogP) is 2.92. The van der Waals surface area contributed by atoms with Crippen LogP contribution in [-0.4, -0.2) is 16.1 Å². The summed E-state index contributed by atoms with van der Waals surface area (Å²) >= 11 is 0. The highest BCUT2D eigenvalue weighted by Gasteiger charge is 2.13. The number of hydrogen-bond acceptors (Lipinski definition) is 3. The molecule has 1 N–H and O–H groups in total. The maximum Gasteiger partial charge on any atom is 0.311 e. The molecule has 2 aromatic rings. The number of carboxylic acid groups (broad SMARTS) is 1. The van der Waals surface area contributed by atoms with Gasteiger partial charge in [0.1, 0.15) is 17.9 Å². The fourth-order valence-electron chi connectivity index (χ4n) is 1.89. The highest BCUT2D eigenvalue weighted by Crippen LogP contribution is 2.23. The van der Waals surface area contributed by atoms with Crippen LogP contribution in [0.2, 0.25) is 0 Å². The molecule has 0 aliphatic rings. The first-order valence-electron chi connectivity index (χ1n) is 5.94. The van der Waals surface area contributed by atoms with Crippen LogP contribution in [0.1, 0.15) is 24.7 Å². The van der Waals surface area contributed by atoms with Crippen molar-refractivity contribution in [2.45, 2.75) is 26.2 Å². The second-order valence-corrected chi connectivity index (χ2v) is 4.14. The molecule has 0 atom stereocenters. The Bertz CT molecular complexity index is 528. The number of hydrogen-bond donors (Lipinski definition) is 1. The molecule has 0 radical (unpaired) electrons. The average molecular weight is 245 g/mol. The summed E-state index contributed by atoms with van der Waals surface area (Å²) in [5, 5.41) is 8.78. The number of aryl methyl sites for hydroxylation is 1. The lowest BCUT2D eigenvalue weighted by Gasteiger charge is -2.02. The Kier molecular flexibility index (Phi) is 3.77. The van der Waals surface area contributed by atoms with E-state index in [4.69, 9.17) is 9.52 Å². The normalized spacial score (nSPS) is 10.5. The fraction of sp³-hybridized carbons (Fsp3) is 0.286. The van der Waals surface area contributed by atoms with Gasteiger partial charge in [0.25, 0.3) is 0 Å². The van der Waals surface area contributed by atoms with Gasteiger partial charge in [-0.1, -0.05) is 37.6 Å². The second kappa shape index (κ2) is 5.49. The Morgan fingerprint density at radius 2 is 2.06 bits per heavy atom. The lowest BCUT2D eigenvalue weighted by molar-refractivity contribution is -0.136. The van der Waals surface area contributed by atoms with Gasteiger partial charge in [-0.05, 0) is 12.0 Å². The minimum absolute atomic E-state index is 0.147. The smallest absolute Gasteiger partial charge is 0.311 e. The molecule has 0 amide bonds. The van der Waals surface area contributed by atoms with Crippen molar-refractivity contribution in [2.75, 3.05) is 0 Å². The molecular formula is C14H15NO3. The molecule has 0 aliphatic carbocycles. The summed E-state index contributed by atoms with van der Waals surface area (Å²) in [6, 6.07) is 7.98. The molecule has 0 saturated heterocycles. The van der Waals surface area contributed by atoms with E-state index >= 15 is 0 Å². The zero-order chi connectivity index (χ0) is 13.0. The third-order valence-corrected chi connectivity index (χ3v) is 2.72. The molecular weight excluding hydrogens is 230 g/mol. The van der Waals surface area contributed by atoms with Crippen LogP contribution in [0, 0.1) is 0 Å². The quantitative estimate of drug-likeness (QED) is 0.879. The van der Waals surface area contributed by atoms with Crippen molar-refractivity contribution in [2.24, 2.45) is 0 Å². The Morgan fingerprint density at radius 3 is 2.67 bits per heavy atom. The molecule has 0 unspecified atom stereocenters. The van der Waals surface area contributed by atoms with Crippen molar-refractivity contribution >= 4 is 5.97 Å². The number of aromatic nitrogens is 1. The van der Waals surface area contributed by atoms with Gasteiger partial charge in [0, 0.05) is 5.56 Å². The number of benzene rings is 1. The largest absolute Gasteiger partial charge is 0.481 e. The van der Waals surface area contributed by atoms with Gasteiger partial charge in [-0.15, -0.1) is 0 Å². The van der Waals surface area contributed by atoms with Gasteiger partial charge in [-0.3, -0.25) is 4.79 Å². The monoisotopic (exact) mass is 245 g/mol. The predicted molar refractivity (Wildman–Crippen MR) is 67.3 cm³/mol. The van der Waals surface area contributed by atoms with E-state index in [0.717, 1.165) is 18.4 Å². The average Bonchev–Trinajstić information content (AvgIpc) is 2.78. The van der Waals surface area contributed by atoms with Crippen LogP contribution < -0.4 is 0 Å². The van der Waals surface area contributed by atoms with E-state index in [1.165, 1.54) is 12.0 Å². The molecule has 94 valence electrons. The molecule has 0 fully saturated rings. The van der Waals surface area contributed by atoms with Crippen molar-refractivity contribution < 1.29 is 14.3 Å². The molecule has 0 spiro atoms. The number of rotatable bonds is 5. The van der Waals surface area contributed by atoms with Crippen molar-refractivity contribution in [1.29, 1.82) is 0 Å². The van der Waals surface area contributed by atoms with Gasteiger partial charge in [0.15, 0.2) is 6.39 Å². The Hall–Kier alpha value is -2.10. The Labute approximate surface area is 105 Å². The first-order valence-corrected chi connectivity index (χ1v) is 5.94. The molecule has 1 aromatic heterocycles. The van der Waals surface area contributed by atoms with E-state index in [0.29, 0.717) is 11.5 Å². The van der Waals surface area contributed by atoms with Crippen LogP contribution in [0.5, 0.6) is 0 Å². The number of nitrogens with zero attached hydrogens (tertiary/aromatic N) is 1. The van der Waals surface area contributed by atoms with E-state index in [9.17, 15) is 4.79 Å². The van der Waals surface area contributed by atoms with Gasteiger partial charge in [0.2, 0.25) is 0 Å². The summed E-state index contributed by atoms with van der Waals surface area (Å²) < 4.78 is 5.12. The minimum atomic E-state index is -0.921. The molecule has 4 nitrogen and oxygen atoms in total. The van der Waals surface area contributed by atoms with E-state index in [-0.39, 0.29) is 6.42 Å². The standard InChI is InChI=1S/C14H15NO3/c1-2-3-10-4-6-11(7-5-10)14-12(8-13(16)17)18-9-15-14/h4-7,9H,2-3,8H2,1H3,(H,16,17). The van der Waals surface area contributed by atoms with Crippen LogP contribution in [0.4, 0.5) is 0 Å². The maximum atomic E-state index is 10.7. The van der Waals surface area contributed by atoms with Crippen LogP contribution in [0.3, 0.4) is 0 Å². The highest BCUT2D eigenvalue weighted by atomic mass is 16.4. The third-order valence-electron chi connectivity index (χ3n) is 2.72. The van der Waals surface area contributed by atoms with E-state index < -0.39 is 5.97 Å². The maximum absolute atomic E-state index is 10.7. The molecule has 18 heavy (non-hydrogen) atoms. The van der Waals surface area contributed by atoms with Crippen LogP contribution in [0.25, 0.3) is 11.3 Å². The molecule has 1 aromatic carbocycles. The van der Waals surface area contributed by atoms with Gasteiger partial charge in [0.05, 0.1) is 0 Å². The van der Waals surface area contributed by atoms with Gasteiger partial charge >= 0.3 is 5.97 Å². The SMILES string of the molecule is CCCc1ccc(-c2ncoc2CC(=O)O)cc1. The van der Waals surface area contributed by atoms with Crippen LogP contribution in [0.15, 0.2) is 35.1 Å². The number of oxazole rings is 1. The van der Waals surface area contributed by atoms with E-state index in [1.807, 2.05) is 24.3 Å². The zero-order valence-corrected chi connectivity index (χ0v) is 10.2. The van der Waals surface area contributed by atoms with Gasteiger partial charge in [-0.2, -0.15) is 0 Å². The lowest BCUT2D eigenvalue weighted by Crippen LogP contribution is -2.00. The molecule has 2 rings (SSSR count). The van der Waals surface area contributed by atoms with E-state index in [1.54, 1.807) is 0 Å². The topological polar surface area (TPSA) is 63.3 Å². The van der Waals surface area contributed by atoms with Gasteiger partial charge in [-0.25, -0.2) is 4.98 Å². The van der Waals surface area contributed by atoms with Crippen molar-refractivity contribution in [3.8, 4) is 11.3 Å². The molecule has 1 heterocycles. The number of aliphatic carboxylic acids is 1. The number of carboxylic acids is 1. The summed E-state index contributed by atoms with van der Waals surface area (Å²) in [7, 11) is 0. The van der Waals surface area contributed by atoms with Crippen LogP contribution >= 0.6 is 0 Å². The highest BCUT2D eigenvalue weighted by molar-refractivity contribution is 5.73. The molecule has 4 heteroatoms. The van der Waals surface area contributed by atoms with Gasteiger partial charge < -0.3 is 9.52 Å². The first-order chi connectivity index (χ1) is 8.70. The Balaban J connectivity index is 2.25. The first kappa shape index (κ1) is 12.4. The zero-order valence-electron chi connectivity index (χ0n) is 10.2. The van der Waals surface area contributed by atoms with E-state index in [2.05, 4.69) is 11.9 Å². The van der Waals surface area contributed by atoms with Crippen LogP contribution in [-0.2, 0) is 17.6 Å². The second-order valence-electron chi connectivity index (χ2n) is 4.14. The summed E-state index contributed by atoms with van der Waals surface area (Å²) in [5.74, 6) is -0.527. The summed E-state index contributed by atoms with van der Waals surface area (Å²) in [6.07, 6.45) is 3.29. The summed E-state index contributed by atoms with van der Waals surface area (Å²) in [4.78, 5) is 14.8. The fourth-order valence-corrected chi connectivity index (χ4v) is 1.89. The van der Waals surface area contributed by atoms with Crippen molar-refractivity contribution in [3.05, 3.63) is 42.0 Å². The third kappa shape index (κ3) is 2.77. The molecule has 0 bridgehead atoms. The van der Waals surface area contributed by atoms with Crippen molar-refractivity contribution in [3.63, 3.8) is 0 Å². The Morgan fingerprint density at radius 1 is 1.33 bits per heavy atom. The van der Waals surface area contributed by atoms with Crippen molar-refractivity contribution in [1.82, 2.24) is 4.98 Å². The molecule has 0 aliphatic heterocycles. The number of carbonyl (C=O) groups is 1. The summed E-state index contributed by atoms with van der Waals surface area (Å²) in [5.41, 5.74) is 2.77. The lowest BCUT2D eigenvalue weighted by atomic mass is 10.0. The minimum Gasteiger partial charge on any atom is -0.481 e. The summed E-state index contributed by atoms with van der Waals surface area (Å²) in [6.45, 7) is 2.14.